The molecule has 0 unspecified atom stereocenters. The molecule has 2 amide bonds. The van der Waals surface area contributed by atoms with E-state index in [-0.39, 0.29) is 6.03 Å². The Balaban J connectivity index is 2.36. The summed E-state index contributed by atoms with van der Waals surface area (Å²) in [6, 6.07) is 6.47. The van der Waals surface area contributed by atoms with Gasteiger partial charge >= 0.3 is 12.0 Å². The number of amides is 2. The molecule has 0 heterocycles. The van der Waals surface area contributed by atoms with Gasteiger partial charge in [-0.1, -0.05) is 23.7 Å². The van der Waals surface area contributed by atoms with E-state index in [4.69, 9.17) is 16.3 Å². The van der Waals surface area contributed by atoms with Gasteiger partial charge in [0.25, 0.3) is 0 Å². The molecule has 22 heavy (non-hydrogen) atoms. The van der Waals surface area contributed by atoms with Crippen LogP contribution in [-0.4, -0.2) is 43.7 Å². The average molecular weight is 345 g/mol. The molecular weight excluding hydrogens is 324 g/mol. The third-order valence-electron chi connectivity index (χ3n) is 3.01. The van der Waals surface area contributed by atoms with E-state index in [9.17, 15) is 9.59 Å². The Morgan fingerprint density at radius 1 is 1.32 bits per heavy atom. The van der Waals surface area contributed by atoms with Crippen LogP contribution in [0.4, 0.5) is 4.79 Å². The molecule has 0 aliphatic heterocycles. The molecule has 0 bridgehead atoms. The fourth-order valence-corrected chi connectivity index (χ4v) is 2.41. The summed E-state index contributed by atoms with van der Waals surface area (Å²) in [7, 11) is 1.31. The lowest BCUT2D eigenvalue weighted by Gasteiger charge is -2.16. The Labute approximate surface area is 140 Å². The molecule has 5 nitrogen and oxygen atoms in total. The molecule has 0 saturated heterocycles. The lowest BCUT2D eigenvalue weighted by atomic mass is 10.1. The summed E-state index contributed by atoms with van der Waals surface area (Å²) in [5, 5.41) is 6.06. The number of thioether (sulfide) groups is 1. The van der Waals surface area contributed by atoms with Crippen molar-refractivity contribution in [2.45, 2.75) is 18.9 Å². The van der Waals surface area contributed by atoms with Crippen molar-refractivity contribution in [3.05, 3.63) is 34.9 Å². The summed E-state index contributed by atoms with van der Waals surface area (Å²) in [4.78, 5) is 23.4. The number of carbonyl (C=O) groups excluding carboxylic acids is 2. The van der Waals surface area contributed by atoms with Gasteiger partial charge in [0.1, 0.15) is 6.04 Å². The second-order valence-electron chi connectivity index (χ2n) is 4.63. The maximum absolute atomic E-state index is 11.8. The van der Waals surface area contributed by atoms with E-state index in [1.165, 1.54) is 7.11 Å². The minimum absolute atomic E-state index is 0.370. The van der Waals surface area contributed by atoms with Gasteiger partial charge in [0.2, 0.25) is 0 Å². The molecular formula is C15H21ClN2O3S. The molecule has 2 N–H and O–H groups in total. The predicted molar refractivity (Wildman–Crippen MR) is 90.5 cm³/mol. The molecule has 7 heteroatoms. The molecule has 122 valence electrons. The Kier molecular flexibility index (Phi) is 8.77. The van der Waals surface area contributed by atoms with Gasteiger partial charge < -0.3 is 15.4 Å². The van der Waals surface area contributed by atoms with Crippen LogP contribution in [0.3, 0.4) is 0 Å². The number of urea groups is 1. The van der Waals surface area contributed by atoms with Crippen LogP contribution < -0.4 is 10.6 Å². The number of ether oxygens (including phenoxy) is 1. The number of carbonyl (C=O) groups is 2. The van der Waals surface area contributed by atoms with Crippen LogP contribution in [0, 0.1) is 0 Å². The Morgan fingerprint density at radius 2 is 2.00 bits per heavy atom. The molecule has 1 atom stereocenters. The van der Waals surface area contributed by atoms with Crippen molar-refractivity contribution in [1.82, 2.24) is 10.6 Å². The maximum Gasteiger partial charge on any atom is 0.328 e. The lowest BCUT2D eigenvalue weighted by Crippen LogP contribution is -2.47. The number of benzene rings is 1. The largest absolute Gasteiger partial charge is 0.467 e. The van der Waals surface area contributed by atoms with E-state index in [2.05, 4.69) is 10.6 Å². The number of hydrogen-bond donors (Lipinski definition) is 2. The minimum atomic E-state index is -0.618. The Hall–Kier alpha value is -1.40. The van der Waals surface area contributed by atoms with Gasteiger partial charge in [-0.05, 0) is 42.5 Å². The SMILES string of the molecule is COC(=O)[C@@H](CCSC)NC(=O)NCCc1ccc(Cl)cc1. The van der Waals surface area contributed by atoms with E-state index in [0.29, 0.717) is 24.4 Å². The molecule has 0 aliphatic carbocycles. The molecule has 0 aliphatic rings. The van der Waals surface area contributed by atoms with Crippen LogP contribution in [0.5, 0.6) is 0 Å². The van der Waals surface area contributed by atoms with Gasteiger partial charge in [-0.2, -0.15) is 11.8 Å². The monoisotopic (exact) mass is 344 g/mol. The van der Waals surface area contributed by atoms with Crippen molar-refractivity contribution >= 4 is 35.4 Å². The van der Waals surface area contributed by atoms with E-state index in [0.717, 1.165) is 11.3 Å². The highest BCUT2D eigenvalue weighted by molar-refractivity contribution is 7.98. The first-order chi connectivity index (χ1) is 10.6. The molecule has 0 fully saturated rings. The summed E-state index contributed by atoms with van der Waals surface area (Å²) in [6.07, 6.45) is 3.18. The maximum atomic E-state index is 11.8. The molecule has 1 aromatic rings. The first-order valence-electron chi connectivity index (χ1n) is 6.92. The molecule has 1 aromatic carbocycles. The molecule has 1 rings (SSSR count). The molecule has 0 radical (unpaired) electrons. The van der Waals surface area contributed by atoms with Crippen LogP contribution in [0.2, 0.25) is 5.02 Å². The van der Waals surface area contributed by atoms with Crippen LogP contribution in [0.15, 0.2) is 24.3 Å². The van der Waals surface area contributed by atoms with E-state index >= 15 is 0 Å². The third kappa shape index (κ3) is 7.04. The highest BCUT2D eigenvalue weighted by Crippen LogP contribution is 2.09. The van der Waals surface area contributed by atoms with Crippen molar-refractivity contribution in [2.24, 2.45) is 0 Å². The molecule has 0 spiro atoms. The third-order valence-corrected chi connectivity index (χ3v) is 3.91. The average Bonchev–Trinajstić information content (AvgIpc) is 2.52. The zero-order chi connectivity index (χ0) is 16.4. The zero-order valence-electron chi connectivity index (χ0n) is 12.7. The number of rotatable bonds is 8. The van der Waals surface area contributed by atoms with Gasteiger partial charge in [0.15, 0.2) is 0 Å². The van der Waals surface area contributed by atoms with Gasteiger partial charge in [-0.3, -0.25) is 0 Å². The minimum Gasteiger partial charge on any atom is -0.467 e. The van der Waals surface area contributed by atoms with Crippen molar-refractivity contribution < 1.29 is 14.3 Å². The molecule has 0 aromatic heterocycles. The normalized spacial score (nSPS) is 11.6. The summed E-state index contributed by atoms with van der Waals surface area (Å²) in [6.45, 7) is 0.476. The fraction of sp³-hybridized carbons (Fsp3) is 0.467. The van der Waals surface area contributed by atoms with Gasteiger partial charge in [0, 0.05) is 11.6 Å². The van der Waals surface area contributed by atoms with E-state index in [1.807, 2.05) is 30.5 Å². The van der Waals surface area contributed by atoms with Crippen molar-refractivity contribution in [2.75, 3.05) is 25.7 Å². The fourth-order valence-electron chi connectivity index (χ4n) is 1.81. The summed E-state index contributed by atoms with van der Waals surface area (Å²) < 4.78 is 4.69. The first-order valence-corrected chi connectivity index (χ1v) is 8.69. The van der Waals surface area contributed by atoms with Gasteiger partial charge in [0.05, 0.1) is 7.11 Å². The smallest absolute Gasteiger partial charge is 0.328 e. The number of nitrogens with one attached hydrogen (secondary N) is 2. The Bertz CT molecular complexity index is 482. The van der Waals surface area contributed by atoms with Crippen LogP contribution in [-0.2, 0) is 16.0 Å². The highest BCUT2D eigenvalue weighted by atomic mass is 35.5. The quantitative estimate of drug-likeness (QED) is 0.711. The van der Waals surface area contributed by atoms with Crippen molar-refractivity contribution in [3.8, 4) is 0 Å². The number of hydrogen-bond acceptors (Lipinski definition) is 4. The van der Waals surface area contributed by atoms with E-state index in [1.54, 1.807) is 11.8 Å². The van der Waals surface area contributed by atoms with Crippen molar-refractivity contribution in [3.63, 3.8) is 0 Å². The number of methoxy groups -OCH3 is 1. The summed E-state index contributed by atoms with van der Waals surface area (Å²) in [5.74, 6) is 0.340. The van der Waals surface area contributed by atoms with Crippen molar-refractivity contribution in [1.29, 1.82) is 0 Å². The summed E-state index contributed by atoms with van der Waals surface area (Å²) >= 11 is 7.42. The van der Waals surface area contributed by atoms with Crippen LogP contribution in [0.1, 0.15) is 12.0 Å². The predicted octanol–water partition coefficient (Wildman–Crippen LogP) is 2.48. The van der Waals surface area contributed by atoms with Crippen LogP contribution >= 0.6 is 23.4 Å². The number of halogens is 1. The van der Waals surface area contributed by atoms with E-state index < -0.39 is 12.0 Å². The standard InChI is InChI=1S/C15H21ClN2O3S/c1-21-14(19)13(8-10-22-2)18-15(20)17-9-7-11-3-5-12(16)6-4-11/h3-6,13H,7-10H2,1-2H3,(H2,17,18,20)/t13-/m1/s1. The second kappa shape index (κ2) is 10.3. The highest BCUT2D eigenvalue weighted by Gasteiger charge is 2.20. The zero-order valence-corrected chi connectivity index (χ0v) is 14.3. The Morgan fingerprint density at radius 3 is 2.59 bits per heavy atom. The summed E-state index contributed by atoms with van der Waals surface area (Å²) in [5.41, 5.74) is 1.08. The number of esters is 1. The topological polar surface area (TPSA) is 67.4 Å². The van der Waals surface area contributed by atoms with Gasteiger partial charge in [-0.15, -0.1) is 0 Å². The van der Waals surface area contributed by atoms with Gasteiger partial charge in [-0.25, -0.2) is 9.59 Å². The first kappa shape index (κ1) is 18.6. The molecule has 0 saturated carbocycles. The second-order valence-corrected chi connectivity index (χ2v) is 6.06. The van der Waals surface area contributed by atoms with Crippen LogP contribution in [0.25, 0.3) is 0 Å². The lowest BCUT2D eigenvalue weighted by molar-refractivity contribution is -0.142.